The summed E-state index contributed by atoms with van der Waals surface area (Å²) in [6, 6.07) is 6.40. The van der Waals surface area contributed by atoms with E-state index in [0.717, 1.165) is 5.56 Å². The molecule has 1 amide bonds. The van der Waals surface area contributed by atoms with E-state index in [1.54, 1.807) is 39.8 Å². The lowest BCUT2D eigenvalue weighted by atomic mass is 10.2. The summed E-state index contributed by atoms with van der Waals surface area (Å²) >= 11 is 0. The Morgan fingerprint density at radius 1 is 1.17 bits per heavy atom. The molecule has 0 radical (unpaired) electrons. The van der Waals surface area contributed by atoms with Crippen LogP contribution in [0.5, 0.6) is 0 Å². The third kappa shape index (κ3) is 6.58. The highest BCUT2D eigenvalue weighted by Crippen LogP contribution is 2.14. The van der Waals surface area contributed by atoms with Gasteiger partial charge >= 0.3 is 6.09 Å². The van der Waals surface area contributed by atoms with E-state index in [1.165, 1.54) is 17.0 Å². The molecule has 0 heterocycles. The summed E-state index contributed by atoms with van der Waals surface area (Å²) in [4.78, 5) is 13.5. The molecule has 0 aliphatic heterocycles. The summed E-state index contributed by atoms with van der Waals surface area (Å²) < 4.78 is 34.4. The Hall–Kier alpha value is -1.60. The van der Waals surface area contributed by atoms with Gasteiger partial charge in [0.25, 0.3) is 10.1 Å². The van der Waals surface area contributed by atoms with Gasteiger partial charge in [-0.15, -0.1) is 0 Å². The van der Waals surface area contributed by atoms with Crippen LogP contribution in [0.2, 0.25) is 0 Å². The van der Waals surface area contributed by atoms with Gasteiger partial charge in [-0.2, -0.15) is 8.42 Å². The Kier molecular flexibility index (Phi) is 6.58. The summed E-state index contributed by atoms with van der Waals surface area (Å²) in [6.07, 6.45) is -0.490. The first-order valence-corrected chi connectivity index (χ1v) is 8.90. The van der Waals surface area contributed by atoms with Crippen molar-refractivity contribution in [3.8, 4) is 0 Å². The van der Waals surface area contributed by atoms with Crippen LogP contribution in [0.15, 0.2) is 29.2 Å². The molecule has 7 heteroatoms. The largest absolute Gasteiger partial charge is 0.444 e. The first-order chi connectivity index (χ1) is 10.5. The van der Waals surface area contributed by atoms with Crippen LogP contribution in [0.3, 0.4) is 0 Å². The molecule has 0 saturated carbocycles. The maximum Gasteiger partial charge on any atom is 0.410 e. The van der Waals surface area contributed by atoms with Gasteiger partial charge in [-0.05, 0) is 46.8 Å². The van der Waals surface area contributed by atoms with E-state index in [-0.39, 0.29) is 18.0 Å². The molecule has 1 rings (SSSR count). The minimum atomic E-state index is -3.82. The number of aryl methyl sites for hydroxylation is 1. The summed E-state index contributed by atoms with van der Waals surface area (Å²) in [7, 11) is -3.82. The van der Waals surface area contributed by atoms with Gasteiger partial charge < -0.3 is 9.64 Å². The normalized spacial score (nSPS) is 12.0. The number of hydrogen-bond acceptors (Lipinski definition) is 5. The van der Waals surface area contributed by atoms with Crippen molar-refractivity contribution in [2.45, 2.75) is 45.1 Å². The number of carbonyl (C=O) groups is 1. The molecule has 0 aromatic heterocycles. The SMILES string of the molecule is CCN(CCOS(=O)(=O)c1ccc(C)cc1)C(=O)OC(C)(C)C. The van der Waals surface area contributed by atoms with Gasteiger partial charge in [0.2, 0.25) is 0 Å². The second-order valence-corrected chi connectivity index (χ2v) is 7.76. The van der Waals surface area contributed by atoms with E-state index in [2.05, 4.69) is 0 Å². The first kappa shape index (κ1) is 19.4. The zero-order chi connectivity index (χ0) is 17.7. The Labute approximate surface area is 138 Å². The van der Waals surface area contributed by atoms with Gasteiger partial charge in [-0.3, -0.25) is 4.18 Å². The number of hydrogen-bond donors (Lipinski definition) is 0. The van der Waals surface area contributed by atoms with E-state index in [9.17, 15) is 13.2 Å². The molecule has 0 aliphatic carbocycles. The van der Waals surface area contributed by atoms with Crippen molar-refractivity contribution in [3.05, 3.63) is 29.8 Å². The topological polar surface area (TPSA) is 72.9 Å². The number of ether oxygens (including phenoxy) is 1. The summed E-state index contributed by atoms with van der Waals surface area (Å²) in [6.45, 7) is 9.41. The van der Waals surface area contributed by atoms with Crippen LogP contribution in [0.25, 0.3) is 0 Å². The molecule has 6 nitrogen and oxygen atoms in total. The number of amides is 1. The fourth-order valence-corrected chi connectivity index (χ4v) is 2.63. The van der Waals surface area contributed by atoms with E-state index in [1.807, 2.05) is 6.92 Å². The van der Waals surface area contributed by atoms with Crippen molar-refractivity contribution in [1.82, 2.24) is 4.90 Å². The molecular weight excluding hydrogens is 318 g/mol. The number of nitrogens with zero attached hydrogens (tertiary/aromatic N) is 1. The van der Waals surface area contributed by atoms with Gasteiger partial charge in [0.05, 0.1) is 11.5 Å². The fourth-order valence-electron chi connectivity index (χ4n) is 1.74. The van der Waals surface area contributed by atoms with Crippen molar-refractivity contribution in [1.29, 1.82) is 0 Å². The van der Waals surface area contributed by atoms with Crippen molar-refractivity contribution in [2.75, 3.05) is 19.7 Å². The number of likely N-dealkylation sites (N-methyl/N-ethyl adjacent to an activating group) is 1. The number of carbonyl (C=O) groups excluding carboxylic acids is 1. The molecule has 0 spiro atoms. The average Bonchev–Trinajstić information content (AvgIpc) is 2.42. The van der Waals surface area contributed by atoms with E-state index in [0.29, 0.717) is 6.54 Å². The highest BCUT2D eigenvalue weighted by atomic mass is 32.2. The highest BCUT2D eigenvalue weighted by molar-refractivity contribution is 7.86. The Morgan fingerprint density at radius 2 is 1.74 bits per heavy atom. The number of rotatable bonds is 6. The predicted octanol–water partition coefficient (Wildman–Crippen LogP) is 2.96. The standard InChI is InChI=1S/C16H25NO5S/c1-6-17(15(18)22-16(3,4)5)11-12-21-23(19,20)14-9-7-13(2)8-10-14/h7-10H,6,11-12H2,1-5H3. The summed E-state index contributed by atoms with van der Waals surface area (Å²) in [5.74, 6) is 0. The molecule has 23 heavy (non-hydrogen) atoms. The zero-order valence-electron chi connectivity index (χ0n) is 14.3. The molecule has 0 atom stereocenters. The van der Waals surface area contributed by atoms with Crippen LogP contribution in [-0.4, -0.2) is 44.7 Å². The van der Waals surface area contributed by atoms with Crippen LogP contribution in [0, 0.1) is 6.92 Å². The average molecular weight is 343 g/mol. The van der Waals surface area contributed by atoms with Gasteiger partial charge in [-0.1, -0.05) is 17.7 Å². The van der Waals surface area contributed by atoms with Crippen molar-refractivity contribution < 1.29 is 22.1 Å². The van der Waals surface area contributed by atoms with Crippen LogP contribution in [0.4, 0.5) is 4.79 Å². The number of benzene rings is 1. The van der Waals surface area contributed by atoms with Crippen LogP contribution < -0.4 is 0 Å². The second-order valence-electron chi connectivity index (χ2n) is 6.15. The molecule has 1 aromatic carbocycles. The van der Waals surface area contributed by atoms with Gasteiger partial charge in [0.15, 0.2) is 0 Å². The Balaban J connectivity index is 2.60. The lowest BCUT2D eigenvalue weighted by Gasteiger charge is -2.26. The fraction of sp³-hybridized carbons (Fsp3) is 0.562. The molecule has 0 bridgehead atoms. The molecule has 0 aliphatic rings. The molecular formula is C16H25NO5S. The summed E-state index contributed by atoms with van der Waals surface area (Å²) in [5.41, 5.74) is 0.366. The Morgan fingerprint density at radius 3 is 2.22 bits per heavy atom. The minimum Gasteiger partial charge on any atom is -0.444 e. The van der Waals surface area contributed by atoms with Gasteiger partial charge in [-0.25, -0.2) is 4.79 Å². The summed E-state index contributed by atoms with van der Waals surface area (Å²) in [5, 5.41) is 0. The highest BCUT2D eigenvalue weighted by Gasteiger charge is 2.22. The van der Waals surface area contributed by atoms with Crippen molar-refractivity contribution in [3.63, 3.8) is 0 Å². The smallest absolute Gasteiger partial charge is 0.410 e. The molecule has 0 N–H and O–H groups in total. The van der Waals surface area contributed by atoms with E-state index in [4.69, 9.17) is 8.92 Å². The lowest BCUT2D eigenvalue weighted by Crippen LogP contribution is -2.38. The predicted molar refractivity (Wildman–Crippen MR) is 87.8 cm³/mol. The lowest BCUT2D eigenvalue weighted by molar-refractivity contribution is 0.0238. The first-order valence-electron chi connectivity index (χ1n) is 7.49. The van der Waals surface area contributed by atoms with Gasteiger partial charge in [0.1, 0.15) is 5.60 Å². The third-order valence-electron chi connectivity index (χ3n) is 2.94. The van der Waals surface area contributed by atoms with Crippen LogP contribution in [0.1, 0.15) is 33.3 Å². The maximum atomic E-state index is 12.1. The monoisotopic (exact) mass is 343 g/mol. The molecule has 1 aromatic rings. The van der Waals surface area contributed by atoms with Crippen LogP contribution >= 0.6 is 0 Å². The van der Waals surface area contributed by atoms with Crippen LogP contribution in [-0.2, 0) is 19.0 Å². The zero-order valence-corrected chi connectivity index (χ0v) is 15.1. The van der Waals surface area contributed by atoms with Gasteiger partial charge in [0, 0.05) is 13.1 Å². The second kappa shape index (κ2) is 7.79. The molecule has 130 valence electrons. The Bertz CT molecular complexity index is 617. The van der Waals surface area contributed by atoms with Crippen molar-refractivity contribution >= 4 is 16.2 Å². The van der Waals surface area contributed by atoms with E-state index < -0.39 is 21.8 Å². The molecule has 0 unspecified atom stereocenters. The maximum absolute atomic E-state index is 12.1. The molecule has 0 saturated heterocycles. The molecule has 0 fully saturated rings. The quantitative estimate of drug-likeness (QED) is 0.743. The third-order valence-corrected chi connectivity index (χ3v) is 4.27. The van der Waals surface area contributed by atoms with Crippen molar-refractivity contribution in [2.24, 2.45) is 0 Å². The van der Waals surface area contributed by atoms with E-state index >= 15 is 0 Å². The minimum absolute atomic E-state index is 0.100.